The first-order valence-corrected chi connectivity index (χ1v) is 11.4. The predicted molar refractivity (Wildman–Crippen MR) is 124 cm³/mol. The molecule has 0 aromatic heterocycles. The lowest BCUT2D eigenvalue weighted by Crippen LogP contribution is -2.64. The zero-order chi connectivity index (χ0) is 23.7. The molecule has 0 aliphatic carbocycles. The zero-order valence-electron chi connectivity index (χ0n) is 17.8. The first-order valence-electron chi connectivity index (χ1n) is 10.6. The monoisotopic (exact) mass is 528 g/mol. The van der Waals surface area contributed by atoms with Gasteiger partial charge in [0.1, 0.15) is 31.7 Å². The third-order valence-corrected chi connectivity index (χ3v) is 6.17. The van der Waals surface area contributed by atoms with Gasteiger partial charge in [0.05, 0.1) is 5.56 Å². The topological polar surface area (TPSA) is 104 Å². The summed E-state index contributed by atoms with van der Waals surface area (Å²) in [5.74, 6) is 1.17. The molecule has 3 atom stereocenters. The normalized spacial score (nSPS) is 21.4. The van der Waals surface area contributed by atoms with E-state index in [-0.39, 0.29) is 31.1 Å². The predicted octanol–water partition coefficient (Wildman–Crippen LogP) is 3.94. The lowest BCUT2D eigenvalue weighted by Gasteiger charge is -2.44. The van der Waals surface area contributed by atoms with Gasteiger partial charge in [0, 0.05) is 4.47 Å². The van der Waals surface area contributed by atoms with Crippen molar-refractivity contribution in [3.05, 3.63) is 76.8 Å². The highest BCUT2D eigenvalue weighted by atomic mass is 79.9. The van der Waals surface area contributed by atoms with Crippen molar-refractivity contribution in [2.24, 2.45) is 0 Å². The van der Waals surface area contributed by atoms with Crippen molar-refractivity contribution in [2.45, 2.75) is 17.8 Å². The van der Waals surface area contributed by atoms with Crippen LogP contribution in [0.5, 0.6) is 28.7 Å². The highest BCUT2D eigenvalue weighted by molar-refractivity contribution is 9.10. The zero-order valence-corrected chi connectivity index (χ0v) is 19.4. The smallest absolute Gasteiger partial charge is 0.335 e. The maximum Gasteiger partial charge on any atom is 0.335 e. The Hall–Kier alpha value is -3.43. The first-order chi connectivity index (χ1) is 16.4. The maximum absolute atomic E-state index is 11.5. The molecule has 3 unspecified atom stereocenters. The van der Waals surface area contributed by atoms with E-state index < -0.39 is 23.8 Å². The minimum atomic E-state index is -1.35. The Morgan fingerprint density at radius 3 is 2.59 bits per heavy atom. The molecule has 176 valence electrons. The fourth-order valence-electron chi connectivity index (χ4n) is 3.87. The molecule has 0 radical (unpaired) electrons. The minimum absolute atomic E-state index is 0.0502. The molecule has 2 aliphatic heterocycles. The van der Waals surface area contributed by atoms with Gasteiger partial charge in [-0.1, -0.05) is 34.1 Å². The number of carboxylic acid groups (broad SMARTS) is 1. The molecule has 0 amide bonds. The SMILES string of the molecule is O=C(O)c1ccc2c(c1)OCC(COc1ccccc1)(C(O)C1COc3cc(Br)ccc3O1)O2. The second kappa shape index (κ2) is 9.08. The molecule has 0 saturated carbocycles. The molecule has 3 aromatic carbocycles. The fourth-order valence-corrected chi connectivity index (χ4v) is 4.21. The van der Waals surface area contributed by atoms with Crippen molar-refractivity contribution in [2.75, 3.05) is 19.8 Å². The molecule has 9 heteroatoms. The van der Waals surface area contributed by atoms with Crippen molar-refractivity contribution >= 4 is 21.9 Å². The van der Waals surface area contributed by atoms with E-state index in [1.54, 1.807) is 24.3 Å². The van der Waals surface area contributed by atoms with E-state index >= 15 is 0 Å². The average molecular weight is 529 g/mol. The number of ether oxygens (including phenoxy) is 5. The Morgan fingerprint density at radius 1 is 1.03 bits per heavy atom. The Balaban J connectivity index is 1.43. The summed E-state index contributed by atoms with van der Waals surface area (Å²) >= 11 is 3.40. The second-order valence-corrected chi connectivity index (χ2v) is 8.94. The van der Waals surface area contributed by atoms with Gasteiger partial charge >= 0.3 is 5.97 Å². The van der Waals surface area contributed by atoms with E-state index in [4.69, 9.17) is 23.7 Å². The Morgan fingerprint density at radius 2 is 1.79 bits per heavy atom. The number of carbonyl (C=O) groups is 1. The number of aliphatic hydroxyl groups is 1. The number of para-hydroxylation sites is 1. The van der Waals surface area contributed by atoms with Crippen molar-refractivity contribution in [3.8, 4) is 28.7 Å². The summed E-state index contributed by atoms with van der Waals surface area (Å²) in [6, 6.07) is 18.8. The highest BCUT2D eigenvalue weighted by Crippen LogP contribution is 2.41. The number of hydrogen-bond acceptors (Lipinski definition) is 7. The molecule has 2 heterocycles. The van der Waals surface area contributed by atoms with Crippen molar-refractivity contribution < 1.29 is 38.7 Å². The van der Waals surface area contributed by atoms with Gasteiger partial charge in [-0.3, -0.25) is 0 Å². The van der Waals surface area contributed by atoms with Crippen LogP contribution in [-0.2, 0) is 0 Å². The Kier molecular flexibility index (Phi) is 5.97. The molecule has 2 N–H and O–H groups in total. The molecule has 5 rings (SSSR count). The molecule has 34 heavy (non-hydrogen) atoms. The van der Waals surface area contributed by atoms with Gasteiger partial charge in [0.15, 0.2) is 29.1 Å². The summed E-state index contributed by atoms with van der Waals surface area (Å²) in [5, 5.41) is 20.7. The molecule has 3 aromatic rings. The van der Waals surface area contributed by atoms with Crippen LogP contribution >= 0.6 is 15.9 Å². The molecular weight excluding hydrogens is 508 g/mol. The van der Waals surface area contributed by atoms with E-state index in [2.05, 4.69) is 15.9 Å². The third-order valence-electron chi connectivity index (χ3n) is 5.68. The molecule has 8 nitrogen and oxygen atoms in total. The number of rotatable bonds is 6. The molecule has 0 bridgehead atoms. The fraction of sp³-hybridized carbons (Fsp3) is 0.240. The lowest BCUT2D eigenvalue weighted by molar-refractivity contribution is -0.156. The van der Waals surface area contributed by atoms with E-state index in [1.807, 2.05) is 24.3 Å². The summed E-state index contributed by atoms with van der Waals surface area (Å²) in [6.45, 7) is -0.0542. The maximum atomic E-state index is 11.5. The summed E-state index contributed by atoms with van der Waals surface area (Å²) in [7, 11) is 0. The van der Waals surface area contributed by atoms with Gasteiger partial charge in [-0.05, 0) is 48.5 Å². The van der Waals surface area contributed by atoms with Crippen LogP contribution < -0.4 is 23.7 Å². The summed E-state index contributed by atoms with van der Waals surface area (Å²) in [4.78, 5) is 11.3. The summed E-state index contributed by atoms with van der Waals surface area (Å²) in [5.41, 5.74) is -1.28. The van der Waals surface area contributed by atoms with Crippen molar-refractivity contribution in [1.29, 1.82) is 0 Å². The van der Waals surface area contributed by atoms with E-state index in [9.17, 15) is 15.0 Å². The van der Waals surface area contributed by atoms with Crippen molar-refractivity contribution in [1.82, 2.24) is 0 Å². The molecule has 0 spiro atoms. The Labute approximate surface area is 203 Å². The van der Waals surface area contributed by atoms with Gasteiger partial charge < -0.3 is 33.9 Å². The first kappa shape index (κ1) is 22.4. The summed E-state index contributed by atoms with van der Waals surface area (Å²) < 4.78 is 30.8. The molecule has 0 fully saturated rings. The number of fused-ring (bicyclic) bond motifs is 2. The van der Waals surface area contributed by atoms with Gasteiger partial charge in [-0.25, -0.2) is 4.79 Å². The van der Waals surface area contributed by atoms with Crippen LogP contribution in [0.4, 0.5) is 0 Å². The van der Waals surface area contributed by atoms with Crippen LogP contribution in [0.2, 0.25) is 0 Å². The van der Waals surface area contributed by atoms with Gasteiger partial charge in [0.25, 0.3) is 0 Å². The number of halogens is 1. The van der Waals surface area contributed by atoms with Gasteiger partial charge in [-0.15, -0.1) is 0 Å². The van der Waals surface area contributed by atoms with E-state index in [0.717, 1.165) is 4.47 Å². The summed E-state index contributed by atoms with van der Waals surface area (Å²) in [6.07, 6.45) is -1.98. The second-order valence-electron chi connectivity index (χ2n) is 8.03. The number of benzene rings is 3. The number of aromatic carboxylic acids is 1. The van der Waals surface area contributed by atoms with E-state index in [0.29, 0.717) is 23.0 Å². The highest BCUT2D eigenvalue weighted by Gasteiger charge is 2.51. The molecule has 0 saturated heterocycles. The average Bonchev–Trinajstić information content (AvgIpc) is 2.87. The minimum Gasteiger partial charge on any atom is -0.489 e. The molecule has 2 aliphatic rings. The van der Waals surface area contributed by atoms with Crippen LogP contribution in [0, 0.1) is 0 Å². The van der Waals surface area contributed by atoms with Crippen LogP contribution in [0.25, 0.3) is 0 Å². The quantitative estimate of drug-likeness (QED) is 0.495. The lowest BCUT2D eigenvalue weighted by atomic mass is 9.92. The molecular formula is C25H21BrO8. The van der Waals surface area contributed by atoms with E-state index in [1.165, 1.54) is 18.2 Å². The van der Waals surface area contributed by atoms with Gasteiger partial charge in [-0.2, -0.15) is 0 Å². The van der Waals surface area contributed by atoms with Crippen molar-refractivity contribution in [3.63, 3.8) is 0 Å². The van der Waals surface area contributed by atoms with Crippen LogP contribution in [0.15, 0.2) is 71.2 Å². The Bertz CT molecular complexity index is 1200. The third kappa shape index (κ3) is 4.36. The van der Waals surface area contributed by atoms with Gasteiger partial charge in [0.2, 0.25) is 5.60 Å². The largest absolute Gasteiger partial charge is 0.489 e. The van der Waals surface area contributed by atoms with Crippen LogP contribution in [-0.4, -0.2) is 53.8 Å². The van der Waals surface area contributed by atoms with Crippen LogP contribution in [0.3, 0.4) is 0 Å². The number of carboxylic acids is 1. The number of aliphatic hydroxyl groups excluding tert-OH is 1. The standard InChI is InChI=1S/C25H21BrO8/c26-16-7-9-18-21(11-16)30-12-22(33-18)23(27)25(13-31-17-4-2-1-3-5-17)14-32-20-10-15(24(28)29)6-8-19(20)34-25/h1-11,22-23,27H,12-14H2,(H,28,29). The number of hydrogen-bond donors (Lipinski definition) is 2. The van der Waals surface area contributed by atoms with Crippen LogP contribution in [0.1, 0.15) is 10.4 Å².